The van der Waals surface area contributed by atoms with Crippen LogP contribution in [0.5, 0.6) is 0 Å². The van der Waals surface area contributed by atoms with Crippen molar-refractivity contribution < 1.29 is 0 Å². The summed E-state index contributed by atoms with van der Waals surface area (Å²) in [6.07, 6.45) is 1.02. The van der Waals surface area contributed by atoms with Crippen LogP contribution in [0.3, 0.4) is 0 Å². The molecule has 2 aromatic rings. The number of nitrogens with one attached hydrogen (secondary N) is 1. The van der Waals surface area contributed by atoms with E-state index in [2.05, 4.69) is 62.8 Å². The number of hydrogen-bond acceptors (Lipinski definition) is 2. The van der Waals surface area contributed by atoms with Gasteiger partial charge in [-0.25, -0.2) is 4.98 Å². The Bertz CT molecular complexity index is 579. The minimum atomic E-state index is -0.0172. The van der Waals surface area contributed by atoms with Crippen LogP contribution in [-0.4, -0.2) is 16.6 Å². The minimum absolute atomic E-state index is 0.0172. The van der Waals surface area contributed by atoms with Crippen molar-refractivity contribution in [1.82, 2.24) is 14.9 Å². The molecular formula is C16H25N3. The predicted molar refractivity (Wildman–Crippen MR) is 81.3 cm³/mol. The van der Waals surface area contributed by atoms with E-state index in [1.165, 1.54) is 16.9 Å². The quantitative estimate of drug-likeness (QED) is 0.913. The standard InChI is InChI=1S/C16H25N3/c1-11(2)9-15-18-13-8-7-12(16(3,4)17-5)10-14(13)19(15)6/h7-8,10-11,17H,9H2,1-6H3. The van der Waals surface area contributed by atoms with Crippen LogP contribution in [0.15, 0.2) is 18.2 Å². The molecule has 3 nitrogen and oxygen atoms in total. The Morgan fingerprint density at radius 2 is 2.00 bits per heavy atom. The molecule has 0 atom stereocenters. The summed E-state index contributed by atoms with van der Waals surface area (Å²) in [5.74, 6) is 1.80. The molecule has 0 aliphatic rings. The Labute approximate surface area is 116 Å². The predicted octanol–water partition coefficient (Wildman–Crippen LogP) is 3.23. The van der Waals surface area contributed by atoms with Crippen molar-refractivity contribution in [2.45, 2.75) is 39.7 Å². The first-order chi connectivity index (χ1) is 8.85. The van der Waals surface area contributed by atoms with Gasteiger partial charge in [0.15, 0.2) is 0 Å². The molecule has 1 aromatic carbocycles. The number of hydrogen-bond donors (Lipinski definition) is 1. The molecule has 1 aromatic heterocycles. The van der Waals surface area contributed by atoms with E-state index in [1.807, 2.05) is 7.05 Å². The molecule has 0 unspecified atom stereocenters. The Hall–Kier alpha value is -1.35. The van der Waals surface area contributed by atoms with Gasteiger partial charge in [0.2, 0.25) is 0 Å². The van der Waals surface area contributed by atoms with Crippen molar-refractivity contribution in [1.29, 1.82) is 0 Å². The molecule has 0 spiro atoms. The molecule has 19 heavy (non-hydrogen) atoms. The summed E-state index contributed by atoms with van der Waals surface area (Å²) in [5.41, 5.74) is 3.59. The van der Waals surface area contributed by atoms with Crippen molar-refractivity contribution in [3.63, 3.8) is 0 Å². The Morgan fingerprint density at radius 1 is 1.32 bits per heavy atom. The van der Waals surface area contributed by atoms with Crippen LogP contribution in [0.1, 0.15) is 39.1 Å². The molecule has 3 heteroatoms. The summed E-state index contributed by atoms with van der Waals surface area (Å²) in [7, 11) is 4.11. The number of aryl methyl sites for hydroxylation is 1. The van der Waals surface area contributed by atoms with E-state index in [9.17, 15) is 0 Å². The van der Waals surface area contributed by atoms with Gasteiger partial charge in [-0.05, 0) is 44.5 Å². The summed E-state index contributed by atoms with van der Waals surface area (Å²) in [6.45, 7) is 8.85. The fourth-order valence-corrected chi connectivity index (χ4v) is 2.32. The van der Waals surface area contributed by atoms with Crippen LogP contribution in [-0.2, 0) is 19.0 Å². The van der Waals surface area contributed by atoms with E-state index in [0.717, 1.165) is 11.9 Å². The highest BCUT2D eigenvalue weighted by Crippen LogP contribution is 2.25. The average Bonchev–Trinajstić information content (AvgIpc) is 2.65. The third-order valence-electron chi connectivity index (χ3n) is 3.91. The molecule has 0 aliphatic heterocycles. The molecule has 0 bridgehead atoms. The maximum absolute atomic E-state index is 4.74. The Morgan fingerprint density at radius 3 is 2.58 bits per heavy atom. The fourth-order valence-electron chi connectivity index (χ4n) is 2.32. The molecule has 0 radical (unpaired) electrons. The third-order valence-corrected chi connectivity index (χ3v) is 3.91. The fraction of sp³-hybridized carbons (Fsp3) is 0.562. The van der Waals surface area contributed by atoms with Crippen molar-refractivity contribution in [2.24, 2.45) is 13.0 Å². The summed E-state index contributed by atoms with van der Waals surface area (Å²) in [5, 5.41) is 3.35. The summed E-state index contributed by atoms with van der Waals surface area (Å²) in [6, 6.07) is 6.56. The van der Waals surface area contributed by atoms with E-state index in [-0.39, 0.29) is 5.54 Å². The van der Waals surface area contributed by atoms with E-state index >= 15 is 0 Å². The smallest absolute Gasteiger partial charge is 0.109 e. The molecule has 0 saturated heterocycles. The average molecular weight is 259 g/mol. The zero-order valence-electron chi connectivity index (χ0n) is 12.9. The van der Waals surface area contributed by atoms with Gasteiger partial charge in [-0.1, -0.05) is 19.9 Å². The topological polar surface area (TPSA) is 29.9 Å². The van der Waals surface area contributed by atoms with Crippen LogP contribution in [0.2, 0.25) is 0 Å². The number of nitrogens with zero attached hydrogens (tertiary/aromatic N) is 2. The number of benzene rings is 1. The Balaban J connectivity index is 2.51. The zero-order valence-corrected chi connectivity index (χ0v) is 12.9. The zero-order chi connectivity index (χ0) is 14.2. The van der Waals surface area contributed by atoms with E-state index < -0.39 is 0 Å². The van der Waals surface area contributed by atoms with Crippen molar-refractivity contribution in [3.05, 3.63) is 29.6 Å². The molecule has 1 N–H and O–H groups in total. The van der Waals surface area contributed by atoms with E-state index in [4.69, 9.17) is 4.98 Å². The Kier molecular flexibility index (Phi) is 3.68. The molecule has 1 heterocycles. The van der Waals surface area contributed by atoms with Crippen LogP contribution in [0.4, 0.5) is 0 Å². The molecule has 2 rings (SSSR count). The second-order valence-electron chi connectivity index (χ2n) is 6.26. The lowest BCUT2D eigenvalue weighted by Gasteiger charge is -2.24. The van der Waals surface area contributed by atoms with Gasteiger partial charge in [0.25, 0.3) is 0 Å². The summed E-state index contributed by atoms with van der Waals surface area (Å²) in [4.78, 5) is 4.74. The van der Waals surface area contributed by atoms with Crippen LogP contribution < -0.4 is 5.32 Å². The third kappa shape index (κ3) is 2.66. The molecule has 104 valence electrons. The van der Waals surface area contributed by atoms with Crippen molar-refractivity contribution in [2.75, 3.05) is 7.05 Å². The first-order valence-corrected chi connectivity index (χ1v) is 7.00. The van der Waals surface area contributed by atoms with Gasteiger partial charge in [-0.2, -0.15) is 0 Å². The highest BCUT2D eigenvalue weighted by molar-refractivity contribution is 5.77. The first kappa shape index (κ1) is 14.1. The van der Waals surface area contributed by atoms with Crippen LogP contribution in [0, 0.1) is 5.92 Å². The van der Waals surface area contributed by atoms with Gasteiger partial charge in [0, 0.05) is 19.0 Å². The van der Waals surface area contributed by atoms with Crippen LogP contribution in [0.25, 0.3) is 11.0 Å². The van der Waals surface area contributed by atoms with Crippen molar-refractivity contribution in [3.8, 4) is 0 Å². The molecule has 0 saturated carbocycles. The van der Waals surface area contributed by atoms with E-state index in [1.54, 1.807) is 0 Å². The van der Waals surface area contributed by atoms with Gasteiger partial charge in [-0.15, -0.1) is 0 Å². The minimum Gasteiger partial charge on any atom is -0.331 e. The molecular weight excluding hydrogens is 234 g/mol. The maximum atomic E-state index is 4.74. The second kappa shape index (κ2) is 4.97. The SMILES string of the molecule is CNC(C)(C)c1ccc2nc(CC(C)C)n(C)c2c1. The normalized spacial score (nSPS) is 12.6. The molecule has 0 amide bonds. The first-order valence-electron chi connectivity index (χ1n) is 7.00. The number of rotatable bonds is 4. The lowest BCUT2D eigenvalue weighted by atomic mass is 9.94. The molecule has 0 fully saturated rings. The maximum Gasteiger partial charge on any atom is 0.109 e. The lowest BCUT2D eigenvalue weighted by Crippen LogP contribution is -2.33. The van der Waals surface area contributed by atoms with E-state index in [0.29, 0.717) is 5.92 Å². The van der Waals surface area contributed by atoms with Gasteiger partial charge in [-0.3, -0.25) is 0 Å². The number of imidazole rings is 1. The van der Waals surface area contributed by atoms with Gasteiger partial charge >= 0.3 is 0 Å². The summed E-state index contributed by atoms with van der Waals surface area (Å²) >= 11 is 0. The largest absolute Gasteiger partial charge is 0.331 e. The lowest BCUT2D eigenvalue weighted by molar-refractivity contribution is 0.445. The summed E-state index contributed by atoms with van der Waals surface area (Å²) < 4.78 is 2.23. The van der Waals surface area contributed by atoms with Gasteiger partial charge in [0.1, 0.15) is 5.82 Å². The highest BCUT2D eigenvalue weighted by Gasteiger charge is 2.19. The second-order valence-corrected chi connectivity index (χ2v) is 6.26. The number of aromatic nitrogens is 2. The monoisotopic (exact) mass is 259 g/mol. The highest BCUT2D eigenvalue weighted by atomic mass is 15.1. The number of fused-ring (bicyclic) bond motifs is 1. The van der Waals surface area contributed by atoms with Crippen LogP contribution >= 0.6 is 0 Å². The van der Waals surface area contributed by atoms with Gasteiger partial charge < -0.3 is 9.88 Å². The van der Waals surface area contributed by atoms with Gasteiger partial charge in [0.05, 0.1) is 11.0 Å². The van der Waals surface area contributed by atoms with Crippen molar-refractivity contribution >= 4 is 11.0 Å². The molecule has 0 aliphatic carbocycles.